The number of hydrogen-bond acceptors (Lipinski definition) is 5. The molecule has 0 unspecified atom stereocenters. The van der Waals surface area contributed by atoms with Gasteiger partial charge in [-0.15, -0.1) is 0 Å². The standard InChI is InChI=1S/C30H23BrN4.C22H19BN2O2.C18H15P/c1-34-21-28(27-17-26(31)19-32-29(27)34)22-18-33-35(20-22)30(23-11-5-2-6-12-23,24-13-7-3-8-14-24)25-15-9-4-10-16-25;26-23(27)21-16-24-25(17-21)22(18-10-4-1-5-11-18,19-12-6-2-7-13-19)20-14-8-3-9-15-20;1-4-10-16(11-5-1)19(17-12-6-2-7-13-17)18-14-8-3-9-15-18/h2-21H,1H3;1-17,26-27H;1-15H. The van der Waals surface area contributed by atoms with Gasteiger partial charge in [-0.3, -0.25) is 9.36 Å². The van der Waals surface area contributed by atoms with Crippen molar-refractivity contribution in [2.45, 2.75) is 11.1 Å². The van der Waals surface area contributed by atoms with E-state index < -0.39 is 26.1 Å². The molecule has 81 heavy (non-hydrogen) atoms. The van der Waals surface area contributed by atoms with Gasteiger partial charge in [-0.05, 0) is 79.2 Å². The predicted octanol–water partition coefficient (Wildman–Crippen LogP) is 12.9. The van der Waals surface area contributed by atoms with E-state index in [2.05, 4.69) is 272 Å². The van der Waals surface area contributed by atoms with Gasteiger partial charge in [0.25, 0.3) is 0 Å². The molecule has 8 nitrogen and oxygen atoms in total. The lowest BCUT2D eigenvalue weighted by Crippen LogP contribution is -2.39. The van der Waals surface area contributed by atoms with Crippen molar-refractivity contribution in [2.75, 3.05) is 0 Å². The first-order chi connectivity index (χ1) is 39.8. The van der Waals surface area contributed by atoms with Crippen molar-refractivity contribution in [3.8, 4) is 11.1 Å². The summed E-state index contributed by atoms with van der Waals surface area (Å²) in [6.07, 6.45) is 11.3. The molecule has 0 amide bonds. The van der Waals surface area contributed by atoms with Crippen LogP contribution in [0.5, 0.6) is 0 Å². The number of fused-ring (bicyclic) bond motifs is 1. The average molecular weight is 1140 g/mol. The van der Waals surface area contributed by atoms with E-state index in [1.807, 2.05) is 78.7 Å². The molecular formula is C70H57BBrN6O2P. The van der Waals surface area contributed by atoms with Crippen molar-refractivity contribution >= 4 is 63.4 Å². The summed E-state index contributed by atoms with van der Waals surface area (Å²) >= 11 is 3.58. The molecule has 0 radical (unpaired) electrons. The van der Waals surface area contributed by atoms with Gasteiger partial charge >= 0.3 is 7.12 Å². The third-order valence-electron chi connectivity index (χ3n) is 14.5. The maximum absolute atomic E-state index is 9.62. The van der Waals surface area contributed by atoms with Crippen LogP contribution < -0.4 is 21.4 Å². The highest BCUT2D eigenvalue weighted by molar-refractivity contribution is 9.10. The van der Waals surface area contributed by atoms with E-state index in [-0.39, 0.29) is 0 Å². The first-order valence-electron chi connectivity index (χ1n) is 26.7. The second-order valence-corrected chi connectivity index (χ2v) is 22.5. The van der Waals surface area contributed by atoms with Crippen LogP contribution in [0.3, 0.4) is 0 Å². The summed E-state index contributed by atoms with van der Waals surface area (Å²) in [5.41, 5.74) is 8.60. The van der Waals surface area contributed by atoms with Crippen LogP contribution in [0, 0.1) is 0 Å². The molecule has 0 aliphatic carbocycles. The molecule has 0 fully saturated rings. The molecule has 4 aromatic heterocycles. The van der Waals surface area contributed by atoms with Crippen LogP contribution >= 0.6 is 23.9 Å². The maximum Gasteiger partial charge on any atom is 0.491 e. The van der Waals surface area contributed by atoms with Gasteiger partial charge in [0, 0.05) is 64.5 Å². The van der Waals surface area contributed by atoms with Gasteiger partial charge in [0.2, 0.25) is 0 Å². The van der Waals surface area contributed by atoms with E-state index in [1.54, 1.807) is 6.20 Å². The zero-order valence-corrected chi connectivity index (χ0v) is 47.0. The number of aromatic nitrogens is 6. The van der Waals surface area contributed by atoms with E-state index in [9.17, 15) is 10.0 Å². The minimum Gasteiger partial charge on any atom is -0.423 e. The molecule has 0 atom stereocenters. The zero-order chi connectivity index (χ0) is 55.4. The van der Waals surface area contributed by atoms with Crippen LogP contribution in [0.1, 0.15) is 33.4 Å². The quantitative estimate of drug-likeness (QED) is 0.0681. The van der Waals surface area contributed by atoms with Crippen LogP contribution in [0.15, 0.2) is 321 Å². The smallest absolute Gasteiger partial charge is 0.423 e. The largest absolute Gasteiger partial charge is 0.491 e. The molecule has 0 aliphatic heterocycles. The number of aryl methyl sites for hydroxylation is 1. The predicted molar refractivity (Wildman–Crippen MR) is 336 cm³/mol. The van der Waals surface area contributed by atoms with Crippen molar-refractivity contribution in [1.82, 2.24) is 29.1 Å². The lowest BCUT2D eigenvalue weighted by molar-refractivity contribution is 0.425. The van der Waals surface area contributed by atoms with E-state index in [4.69, 9.17) is 5.10 Å². The summed E-state index contributed by atoms with van der Waals surface area (Å²) in [4.78, 5) is 4.61. The van der Waals surface area contributed by atoms with Crippen LogP contribution in [-0.2, 0) is 18.1 Å². The Hall–Kier alpha value is -9.02. The molecule has 11 heteroatoms. The Labute approximate surface area is 483 Å². The molecule has 0 spiro atoms. The summed E-state index contributed by atoms with van der Waals surface area (Å²) in [7, 11) is 0.0106. The number of pyridine rings is 1. The molecule has 394 valence electrons. The Morgan fingerprint density at radius 3 is 1.06 bits per heavy atom. The highest BCUT2D eigenvalue weighted by atomic mass is 79.9. The minimum absolute atomic E-state index is 0.349. The second kappa shape index (κ2) is 25.0. The van der Waals surface area contributed by atoms with Gasteiger partial charge in [0.05, 0.1) is 6.20 Å². The van der Waals surface area contributed by atoms with E-state index in [1.165, 1.54) is 22.1 Å². The molecule has 0 saturated heterocycles. The number of hydrogen-bond donors (Lipinski definition) is 2. The third-order valence-corrected chi connectivity index (χ3v) is 17.3. The average Bonchev–Trinajstić information content (AvgIpc) is 4.40. The highest BCUT2D eigenvalue weighted by Gasteiger charge is 2.41. The van der Waals surface area contributed by atoms with Gasteiger partial charge in [-0.25, -0.2) is 4.98 Å². The van der Waals surface area contributed by atoms with Gasteiger partial charge < -0.3 is 14.6 Å². The summed E-state index contributed by atoms with van der Waals surface area (Å²) in [5.74, 6) is 0. The zero-order valence-electron chi connectivity index (χ0n) is 44.5. The molecule has 0 bridgehead atoms. The number of nitrogens with zero attached hydrogens (tertiary/aromatic N) is 6. The van der Waals surface area contributed by atoms with Crippen LogP contribution in [0.25, 0.3) is 22.2 Å². The van der Waals surface area contributed by atoms with Crippen LogP contribution in [0.4, 0.5) is 0 Å². The first-order valence-corrected chi connectivity index (χ1v) is 28.8. The van der Waals surface area contributed by atoms with Crippen molar-refractivity contribution in [1.29, 1.82) is 0 Å². The molecule has 2 N–H and O–H groups in total. The van der Waals surface area contributed by atoms with Gasteiger partial charge in [-0.1, -0.05) is 273 Å². The second-order valence-electron chi connectivity index (χ2n) is 19.4. The fourth-order valence-corrected chi connectivity index (χ4v) is 13.4. The van der Waals surface area contributed by atoms with Crippen LogP contribution in [-0.4, -0.2) is 46.3 Å². The normalized spacial score (nSPS) is 11.3. The Bertz CT molecular complexity index is 3760. The van der Waals surface area contributed by atoms with Gasteiger partial charge in [0.1, 0.15) is 16.7 Å². The maximum atomic E-state index is 9.62. The SMILES string of the molecule is Cn1cc(-c2cnn(C(c3ccccc3)(c3ccccc3)c3ccccc3)c2)c2cc(Br)cnc21.OB(O)c1cnn(C(c2ccccc2)(c2ccccc2)c2ccccc2)c1.c1ccc(P(c2ccccc2)c2ccccc2)cc1. The van der Waals surface area contributed by atoms with E-state index >= 15 is 0 Å². The lowest BCUT2D eigenvalue weighted by Gasteiger charge is -2.36. The third kappa shape index (κ3) is 11.2. The molecule has 13 rings (SSSR count). The van der Waals surface area contributed by atoms with E-state index in [0.29, 0.717) is 5.46 Å². The molecule has 0 aliphatic rings. The Balaban J connectivity index is 0.000000134. The van der Waals surface area contributed by atoms with E-state index in [0.717, 1.165) is 60.0 Å². The monoisotopic (exact) mass is 1130 g/mol. The van der Waals surface area contributed by atoms with Crippen molar-refractivity contribution in [2.24, 2.45) is 7.05 Å². The van der Waals surface area contributed by atoms with Crippen molar-refractivity contribution in [3.63, 3.8) is 0 Å². The van der Waals surface area contributed by atoms with Gasteiger partial charge in [-0.2, -0.15) is 10.2 Å². The first kappa shape index (κ1) is 54.0. The molecule has 0 saturated carbocycles. The Morgan fingerprint density at radius 1 is 0.407 bits per heavy atom. The number of halogens is 1. The minimum atomic E-state index is -1.57. The lowest BCUT2D eigenvalue weighted by atomic mass is 9.76. The molecular weight excluding hydrogens is 1080 g/mol. The fraction of sp³-hybridized carbons (Fsp3) is 0.0429. The van der Waals surface area contributed by atoms with Crippen molar-refractivity contribution in [3.05, 3.63) is 354 Å². The Morgan fingerprint density at radius 2 is 0.728 bits per heavy atom. The summed E-state index contributed by atoms with van der Waals surface area (Å²) in [6.45, 7) is 0. The summed E-state index contributed by atoms with van der Waals surface area (Å²) < 4.78 is 6.93. The fourth-order valence-electron chi connectivity index (χ4n) is 10.8. The topological polar surface area (TPSA) is 93.9 Å². The Kier molecular flexibility index (Phi) is 16.6. The number of rotatable bonds is 13. The number of benzene rings is 9. The summed E-state index contributed by atoms with van der Waals surface area (Å²) in [6, 6.07) is 96.6. The van der Waals surface area contributed by atoms with Crippen molar-refractivity contribution < 1.29 is 10.0 Å². The molecule has 9 aromatic carbocycles. The van der Waals surface area contributed by atoms with Gasteiger partial charge in [0.15, 0.2) is 0 Å². The highest BCUT2D eigenvalue weighted by Crippen LogP contribution is 2.43. The molecule has 4 heterocycles. The molecule has 13 aromatic rings. The summed E-state index contributed by atoms with van der Waals surface area (Å²) in [5, 5.41) is 34.1. The van der Waals surface area contributed by atoms with Crippen LogP contribution in [0.2, 0.25) is 0 Å².